The molecule has 0 saturated carbocycles. The normalized spacial score (nSPS) is 18.4. The first-order chi connectivity index (χ1) is 13.0. The van der Waals surface area contributed by atoms with Crippen LogP contribution in [-0.4, -0.2) is 26.9 Å². The lowest BCUT2D eigenvalue weighted by Crippen LogP contribution is -2.11. The highest BCUT2D eigenvalue weighted by molar-refractivity contribution is 8.19. The van der Waals surface area contributed by atoms with Crippen molar-refractivity contribution in [1.82, 2.24) is 4.98 Å². The number of aromatic carboxylic acids is 1. The van der Waals surface area contributed by atoms with Gasteiger partial charge in [-0.2, -0.15) is 0 Å². The number of allylic oxidation sites excluding steroid dienone is 1. The van der Waals surface area contributed by atoms with Crippen LogP contribution in [0, 0.1) is 5.41 Å². The Morgan fingerprint density at radius 1 is 1.22 bits per heavy atom. The van der Waals surface area contributed by atoms with E-state index in [1.807, 2.05) is 0 Å². The quantitative estimate of drug-likeness (QED) is 0.628. The summed E-state index contributed by atoms with van der Waals surface area (Å²) in [5.41, 5.74) is 0.941. The van der Waals surface area contributed by atoms with Crippen molar-refractivity contribution in [1.29, 1.82) is 5.41 Å². The van der Waals surface area contributed by atoms with Gasteiger partial charge in [0.25, 0.3) is 0 Å². The van der Waals surface area contributed by atoms with Crippen LogP contribution in [0.2, 0.25) is 0 Å². The standard InChI is InChI=1S/C19H12N2O4S2/c20-17-15(18-21-7-8-26-18)16(22)14(27-17)9-12-5-6-13(25-12)10-1-3-11(4-2-10)19(23)24/h1-9,15,20H,(H,23,24)/b14-9-,20-17?/t15-/m1/s1. The molecule has 1 aliphatic heterocycles. The van der Waals surface area contributed by atoms with Gasteiger partial charge in [-0.3, -0.25) is 10.2 Å². The van der Waals surface area contributed by atoms with Crippen LogP contribution in [0.25, 0.3) is 17.4 Å². The first kappa shape index (κ1) is 17.4. The molecule has 134 valence electrons. The fourth-order valence-electron chi connectivity index (χ4n) is 2.68. The summed E-state index contributed by atoms with van der Waals surface area (Å²) in [5.74, 6) is -0.695. The Hall–Kier alpha value is -2.97. The number of rotatable bonds is 4. The van der Waals surface area contributed by atoms with Crippen molar-refractivity contribution < 1.29 is 19.1 Å². The largest absolute Gasteiger partial charge is 0.478 e. The first-order valence-electron chi connectivity index (χ1n) is 7.88. The molecule has 1 fully saturated rings. The summed E-state index contributed by atoms with van der Waals surface area (Å²) >= 11 is 2.48. The van der Waals surface area contributed by atoms with Crippen LogP contribution in [0.1, 0.15) is 27.0 Å². The van der Waals surface area contributed by atoms with Crippen molar-refractivity contribution in [2.75, 3.05) is 0 Å². The minimum atomic E-state index is -0.986. The summed E-state index contributed by atoms with van der Waals surface area (Å²) in [6.07, 6.45) is 3.26. The maximum atomic E-state index is 12.6. The smallest absolute Gasteiger partial charge is 0.335 e. The Kier molecular flexibility index (Phi) is 4.51. The van der Waals surface area contributed by atoms with Crippen LogP contribution in [0.3, 0.4) is 0 Å². The van der Waals surface area contributed by atoms with Gasteiger partial charge in [-0.25, -0.2) is 9.78 Å². The number of furan rings is 1. The molecule has 1 aromatic carbocycles. The van der Waals surface area contributed by atoms with E-state index in [0.717, 1.165) is 17.3 Å². The Labute approximate surface area is 162 Å². The van der Waals surface area contributed by atoms with E-state index < -0.39 is 11.9 Å². The van der Waals surface area contributed by atoms with E-state index in [1.54, 1.807) is 41.9 Å². The average Bonchev–Trinajstić information content (AvgIpc) is 3.38. The molecule has 0 aliphatic carbocycles. The Morgan fingerprint density at radius 2 is 2.00 bits per heavy atom. The summed E-state index contributed by atoms with van der Waals surface area (Å²) in [7, 11) is 0. The van der Waals surface area contributed by atoms with Crippen molar-refractivity contribution in [3.63, 3.8) is 0 Å². The number of thioether (sulfide) groups is 1. The number of carboxylic acid groups (broad SMARTS) is 1. The monoisotopic (exact) mass is 396 g/mol. The molecule has 3 aromatic rings. The molecular formula is C19H12N2O4S2. The van der Waals surface area contributed by atoms with E-state index in [4.69, 9.17) is 14.9 Å². The maximum absolute atomic E-state index is 12.6. The van der Waals surface area contributed by atoms with Crippen molar-refractivity contribution in [3.05, 3.63) is 69.2 Å². The number of nitrogens with one attached hydrogen (secondary N) is 1. The highest BCUT2D eigenvalue weighted by atomic mass is 32.2. The zero-order chi connectivity index (χ0) is 19.0. The number of hydrogen-bond donors (Lipinski definition) is 2. The van der Waals surface area contributed by atoms with E-state index in [1.165, 1.54) is 23.5 Å². The van der Waals surface area contributed by atoms with Crippen LogP contribution in [0.15, 0.2) is 57.3 Å². The molecule has 2 aromatic heterocycles. The molecule has 1 saturated heterocycles. The summed E-state index contributed by atoms with van der Waals surface area (Å²) in [6, 6.07) is 9.85. The molecule has 8 heteroatoms. The lowest BCUT2D eigenvalue weighted by Gasteiger charge is -2.01. The van der Waals surface area contributed by atoms with Gasteiger partial charge >= 0.3 is 5.97 Å². The third-order valence-corrected chi connectivity index (χ3v) is 5.84. The fraction of sp³-hybridized carbons (Fsp3) is 0.0526. The van der Waals surface area contributed by atoms with Gasteiger partial charge in [0.05, 0.1) is 15.5 Å². The number of benzene rings is 1. The van der Waals surface area contributed by atoms with Gasteiger partial charge in [0.1, 0.15) is 22.4 Å². The molecule has 0 amide bonds. The molecule has 1 atom stereocenters. The molecule has 0 spiro atoms. The number of carboxylic acids is 1. The number of hydrogen-bond acceptors (Lipinski definition) is 7. The highest BCUT2D eigenvalue weighted by Crippen LogP contribution is 2.41. The number of carbonyl (C=O) groups excluding carboxylic acids is 1. The van der Waals surface area contributed by atoms with Gasteiger partial charge in [0, 0.05) is 17.1 Å². The van der Waals surface area contributed by atoms with Crippen LogP contribution in [0.5, 0.6) is 0 Å². The summed E-state index contributed by atoms with van der Waals surface area (Å²) in [6.45, 7) is 0. The fourth-order valence-corrected chi connectivity index (χ4v) is 4.47. The maximum Gasteiger partial charge on any atom is 0.335 e. The van der Waals surface area contributed by atoms with E-state index >= 15 is 0 Å². The van der Waals surface area contributed by atoms with Crippen LogP contribution < -0.4 is 0 Å². The molecule has 1 aliphatic rings. The minimum absolute atomic E-state index is 0.149. The summed E-state index contributed by atoms with van der Waals surface area (Å²) in [5, 5.41) is 19.7. The van der Waals surface area contributed by atoms with E-state index in [2.05, 4.69) is 4.98 Å². The molecule has 2 N–H and O–H groups in total. The van der Waals surface area contributed by atoms with E-state index in [-0.39, 0.29) is 16.4 Å². The molecule has 6 nitrogen and oxygen atoms in total. The third kappa shape index (κ3) is 3.36. The number of aromatic nitrogens is 1. The zero-order valence-corrected chi connectivity index (χ0v) is 15.3. The van der Waals surface area contributed by atoms with Gasteiger partial charge in [0.2, 0.25) is 0 Å². The minimum Gasteiger partial charge on any atom is -0.478 e. The van der Waals surface area contributed by atoms with E-state index in [0.29, 0.717) is 21.4 Å². The van der Waals surface area contributed by atoms with Crippen LogP contribution in [-0.2, 0) is 4.79 Å². The molecule has 27 heavy (non-hydrogen) atoms. The highest BCUT2D eigenvalue weighted by Gasteiger charge is 2.38. The zero-order valence-electron chi connectivity index (χ0n) is 13.7. The second-order valence-electron chi connectivity index (χ2n) is 5.73. The average molecular weight is 396 g/mol. The molecular weight excluding hydrogens is 384 g/mol. The van der Waals surface area contributed by atoms with Gasteiger partial charge in [-0.1, -0.05) is 23.9 Å². The van der Waals surface area contributed by atoms with Gasteiger partial charge in [0.15, 0.2) is 5.78 Å². The molecule has 0 radical (unpaired) electrons. The second kappa shape index (κ2) is 6.98. The predicted molar refractivity (Wildman–Crippen MR) is 104 cm³/mol. The topological polar surface area (TPSA) is 104 Å². The summed E-state index contributed by atoms with van der Waals surface area (Å²) in [4.78, 5) is 28.2. The Morgan fingerprint density at radius 3 is 2.67 bits per heavy atom. The number of nitrogens with zero attached hydrogens (tertiary/aromatic N) is 1. The first-order valence-corrected chi connectivity index (χ1v) is 9.57. The van der Waals surface area contributed by atoms with E-state index in [9.17, 15) is 9.59 Å². The van der Waals surface area contributed by atoms with Crippen LogP contribution in [0.4, 0.5) is 0 Å². The van der Waals surface area contributed by atoms with Crippen molar-refractivity contribution in [2.45, 2.75) is 5.92 Å². The van der Waals surface area contributed by atoms with Gasteiger partial charge in [-0.05, 0) is 30.3 Å². The Bertz CT molecular complexity index is 1070. The van der Waals surface area contributed by atoms with Crippen molar-refractivity contribution in [2.24, 2.45) is 0 Å². The van der Waals surface area contributed by atoms with Crippen molar-refractivity contribution >= 4 is 46.0 Å². The second-order valence-corrected chi connectivity index (χ2v) is 7.74. The number of ketones is 1. The Balaban J connectivity index is 1.58. The summed E-state index contributed by atoms with van der Waals surface area (Å²) < 4.78 is 5.77. The third-order valence-electron chi connectivity index (χ3n) is 4.00. The molecule has 3 heterocycles. The SMILES string of the molecule is N=C1S/C(=C\c2ccc(-c3ccc(C(=O)O)cc3)o2)C(=O)[C@H]1c1nccs1. The molecule has 0 unspecified atom stereocenters. The van der Waals surface area contributed by atoms with Crippen molar-refractivity contribution in [3.8, 4) is 11.3 Å². The van der Waals surface area contributed by atoms with Crippen LogP contribution >= 0.6 is 23.1 Å². The number of Topliss-reactive ketones (excluding diaryl/α,β-unsaturated/α-hetero) is 1. The molecule has 4 rings (SSSR count). The number of carbonyl (C=O) groups is 2. The molecule has 0 bridgehead atoms. The lowest BCUT2D eigenvalue weighted by atomic mass is 10.1. The van der Waals surface area contributed by atoms with Gasteiger partial charge in [-0.15, -0.1) is 11.3 Å². The van der Waals surface area contributed by atoms with Gasteiger partial charge < -0.3 is 9.52 Å². The number of thiazole rings is 1. The lowest BCUT2D eigenvalue weighted by molar-refractivity contribution is -0.114. The predicted octanol–water partition coefficient (Wildman–Crippen LogP) is 4.52.